The predicted molar refractivity (Wildman–Crippen MR) is 132 cm³/mol. The Labute approximate surface area is 204 Å². The molecule has 0 bridgehead atoms. The van der Waals surface area contributed by atoms with Crippen LogP contribution in [0.15, 0.2) is 0 Å². The van der Waals surface area contributed by atoms with E-state index >= 15 is 0 Å². The maximum Gasteiger partial charge on any atom is 0.305 e. The fourth-order valence-corrected chi connectivity index (χ4v) is 4.29. The highest BCUT2D eigenvalue weighted by molar-refractivity contribution is 5.92. The zero-order valence-corrected chi connectivity index (χ0v) is 21.2. The summed E-state index contributed by atoms with van der Waals surface area (Å²) in [5.41, 5.74) is 5.44. The van der Waals surface area contributed by atoms with Crippen molar-refractivity contribution in [3.05, 3.63) is 0 Å². The molecule has 0 aromatic heterocycles. The lowest BCUT2D eigenvalue weighted by Gasteiger charge is -2.26. The van der Waals surface area contributed by atoms with Crippen LogP contribution in [0.2, 0.25) is 0 Å². The third kappa shape index (κ3) is 11.8. The normalized spacial score (nSPS) is 16.2. The molecule has 9 heteroatoms. The van der Waals surface area contributed by atoms with Gasteiger partial charge in [0.05, 0.1) is 7.11 Å². The summed E-state index contributed by atoms with van der Waals surface area (Å²) >= 11 is 0. The van der Waals surface area contributed by atoms with E-state index in [0.717, 1.165) is 25.7 Å². The molecule has 0 aromatic rings. The van der Waals surface area contributed by atoms with E-state index in [1.165, 1.54) is 45.6 Å². The number of hydrogen-bond acceptors (Lipinski definition) is 6. The van der Waals surface area contributed by atoms with Crippen LogP contribution < -0.4 is 16.4 Å². The van der Waals surface area contributed by atoms with E-state index in [0.29, 0.717) is 19.4 Å². The molecule has 0 aromatic carbocycles. The molecule has 0 aliphatic carbocycles. The molecule has 9 nitrogen and oxygen atoms in total. The van der Waals surface area contributed by atoms with Crippen molar-refractivity contribution in [3.63, 3.8) is 0 Å². The number of unbranched alkanes of at least 4 members (excludes halogenated alkanes) is 8. The summed E-state index contributed by atoms with van der Waals surface area (Å²) < 4.78 is 4.64. The number of methoxy groups -OCH3 is 1. The van der Waals surface area contributed by atoms with Crippen molar-refractivity contribution in [2.75, 3.05) is 26.7 Å². The number of nitrogens with zero attached hydrogens (tertiary/aromatic N) is 1. The summed E-state index contributed by atoms with van der Waals surface area (Å²) in [6.45, 7) is 3.32. The van der Waals surface area contributed by atoms with Crippen molar-refractivity contribution in [2.45, 2.75) is 109 Å². The van der Waals surface area contributed by atoms with Crippen LogP contribution in [0.3, 0.4) is 0 Å². The van der Waals surface area contributed by atoms with Gasteiger partial charge in [-0.3, -0.25) is 19.2 Å². The van der Waals surface area contributed by atoms with Gasteiger partial charge in [-0.2, -0.15) is 0 Å². The zero-order chi connectivity index (χ0) is 25.2. The Bertz CT molecular complexity index is 628. The van der Waals surface area contributed by atoms with Crippen LogP contribution >= 0.6 is 0 Å². The second kappa shape index (κ2) is 18.2. The van der Waals surface area contributed by atoms with Crippen LogP contribution in [0.25, 0.3) is 0 Å². The van der Waals surface area contributed by atoms with Crippen LogP contribution in [0.4, 0.5) is 0 Å². The van der Waals surface area contributed by atoms with Crippen LogP contribution in [-0.4, -0.2) is 67.4 Å². The van der Waals surface area contributed by atoms with Crippen LogP contribution in [0.1, 0.15) is 96.8 Å². The van der Waals surface area contributed by atoms with Crippen LogP contribution in [0.5, 0.6) is 0 Å². The first-order chi connectivity index (χ1) is 16.4. The average Bonchev–Trinajstić information content (AvgIpc) is 3.33. The number of hydrogen-bond donors (Lipinski definition) is 3. The second-order valence-corrected chi connectivity index (χ2v) is 9.08. The minimum absolute atomic E-state index is 0.000658. The maximum absolute atomic E-state index is 13.0. The van der Waals surface area contributed by atoms with Crippen molar-refractivity contribution in [3.8, 4) is 0 Å². The minimum Gasteiger partial charge on any atom is -0.469 e. The van der Waals surface area contributed by atoms with Gasteiger partial charge in [0.1, 0.15) is 12.1 Å². The molecule has 4 N–H and O–H groups in total. The molecule has 2 unspecified atom stereocenters. The van der Waals surface area contributed by atoms with E-state index in [4.69, 9.17) is 5.73 Å². The molecular formula is C25H46N4O5. The SMILES string of the molecule is CCCCCCCCCCCC(=O)N1CCCC1C(=O)NC(CCC(=O)OC)C(=O)NCCN. The predicted octanol–water partition coefficient (Wildman–Crippen LogP) is 2.41. The summed E-state index contributed by atoms with van der Waals surface area (Å²) in [5.74, 6) is -1.20. The molecule has 0 saturated carbocycles. The third-order valence-corrected chi connectivity index (χ3v) is 6.31. The Kier molecular flexibility index (Phi) is 16.0. The monoisotopic (exact) mass is 482 g/mol. The minimum atomic E-state index is -0.881. The van der Waals surface area contributed by atoms with Gasteiger partial charge in [0, 0.05) is 32.5 Å². The number of esters is 1. The average molecular weight is 483 g/mol. The molecule has 0 spiro atoms. The van der Waals surface area contributed by atoms with E-state index in [2.05, 4.69) is 22.3 Å². The molecule has 1 aliphatic heterocycles. The molecule has 3 amide bonds. The van der Waals surface area contributed by atoms with Gasteiger partial charge in [-0.15, -0.1) is 0 Å². The van der Waals surface area contributed by atoms with Gasteiger partial charge in [0.25, 0.3) is 0 Å². The molecular weight excluding hydrogens is 436 g/mol. The molecule has 1 rings (SSSR count). The summed E-state index contributed by atoms with van der Waals surface area (Å²) in [7, 11) is 1.28. The molecule has 1 fully saturated rings. The van der Waals surface area contributed by atoms with Gasteiger partial charge in [-0.05, 0) is 25.7 Å². The highest BCUT2D eigenvalue weighted by Gasteiger charge is 2.35. The quantitative estimate of drug-likeness (QED) is 0.203. The van der Waals surface area contributed by atoms with Gasteiger partial charge in [-0.1, -0.05) is 58.3 Å². The third-order valence-electron chi connectivity index (χ3n) is 6.31. The van der Waals surface area contributed by atoms with Crippen molar-refractivity contribution in [2.24, 2.45) is 5.73 Å². The van der Waals surface area contributed by atoms with E-state index < -0.39 is 24.0 Å². The molecule has 1 aliphatic rings. The Hall–Kier alpha value is -2.16. The Morgan fingerprint density at radius 1 is 1.00 bits per heavy atom. The number of amides is 3. The molecule has 1 saturated heterocycles. The molecule has 34 heavy (non-hydrogen) atoms. The zero-order valence-electron chi connectivity index (χ0n) is 21.2. The van der Waals surface area contributed by atoms with Crippen molar-refractivity contribution in [1.29, 1.82) is 0 Å². The van der Waals surface area contributed by atoms with E-state index in [9.17, 15) is 19.2 Å². The number of carbonyl (C=O) groups is 4. The lowest BCUT2D eigenvalue weighted by Crippen LogP contribution is -2.53. The number of nitrogens with one attached hydrogen (secondary N) is 2. The Morgan fingerprint density at radius 3 is 2.26 bits per heavy atom. The maximum atomic E-state index is 13.0. The summed E-state index contributed by atoms with van der Waals surface area (Å²) in [4.78, 5) is 51.4. The van der Waals surface area contributed by atoms with Crippen LogP contribution in [-0.2, 0) is 23.9 Å². The van der Waals surface area contributed by atoms with E-state index in [1.54, 1.807) is 4.90 Å². The largest absolute Gasteiger partial charge is 0.469 e. The topological polar surface area (TPSA) is 131 Å². The second-order valence-electron chi connectivity index (χ2n) is 9.08. The summed E-state index contributed by atoms with van der Waals surface area (Å²) in [6.07, 6.45) is 12.6. The summed E-state index contributed by atoms with van der Waals surface area (Å²) in [5, 5.41) is 5.39. The van der Waals surface area contributed by atoms with Gasteiger partial charge < -0.3 is 26.0 Å². The molecule has 2 atom stereocenters. The highest BCUT2D eigenvalue weighted by Crippen LogP contribution is 2.20. The smallest absolute Gasteiger partial charge is 0.305 e. The number of carbonyl (C=O) groups excluding carboxylic acids is 4. The first-order valence-electron chi connectivity index (χ1n) is 13.1. The highest BCUT2D eigenvalue weighted by atomic mass is 16.5. The molecule has 0 radical (unpaired) electrons. The van der Waals surface area contributed by atoms with Crippen molar-refractivity contribution < 1.29 is 23.9 Å². The van der Waals surface area contributed by atoms with Crippen molar-refractivity contribution in [1.82, 2.24) is 15.5 Å². The fraction of sp³-hybridized carbons (Fsp3) is 0.840. The first-order valence-corrected chi connectivity index (χ1v) is 13.1. The van der Waals surface area contributed by atoms with Gasteiger partial charge in [0.2, 0.25) is 17.7 Å². The summed E-state index contributed by atoms with van der Waals surface area (Å²) in [6, 6.07) is -1.46. The number of likely N-dealkylation sites (tertiary alicyclic amines) is 1. The van der Waals surface area contributed by atoms with Crippen molar-refractivity contribution >= 4 is 23.7 Å². The van der Waals surface area contributed by atoms with E-state index in [-0.39, 0.29) is 37.7 Å². The fourth-order valence-electron chi connectivity index (χ4n) is 4.29. The van der Waals surface area contributed by atoms with Gasteiger partial charge >= 0.3 is 5.97 Å². The molecule has 1 heterocycles. The first kappa shape index (κ1) is 29.9. The Balaban J connectivity index is 2.48. The number of rotatable bonds is 18. The van der Waals surface area contributed by atoms with Crippen LogP contribution in [0, 0.1) is 0 Å². The van der Waals surface area contributed by atoms with Gasteiger partial charge in [-0.25, -0.2) is 0 Å². The standard InChI is InChI=1S/C25H46N4O5/c1-3-4-5-6-7-8-9-10-11-14-22(30)29-19-12-13-21(29)25(33)28-20(15-16-23(31)34-2)24(32)27-18-17-26/h20-21H,3-19,26H2,1-2H3,(H,27,32)(H,28,33). The molecule has 196 valence electrons. The lowest BCUT2D eigenvalue weighted by molar-refractivity contribution is -0.141. The Morgan fingerprint density at radius 2 is 1.65 bits per heavy atom. The number of nitrogens with two attached hydrogens (primary N) is 1. The lowest BCUT2D eigenvalue weighted by atomic mass is 10.1. The van der Waals surface area contributed by atoms with E-state index in [1.807, 2.05) is 0 Å². The number of ether oxygens (including phenoxy) is 1. The van der Waals surface area contributed by atoms with Gasteiger partial charge in [0.15, 0.2) is 0 Å².